The van der Waals surface area contributed by atoms with Crippen molar-refractivity contribution in [1.29, 1.82) is 0 Å². The van der Waals surface area contributed by atoms with Gasteiger partial charge < -0.3 is 14.8 Å². The molecule has 1 saturated heterocycles. The average molecular weight is 345 g/mol. The second kappa shape index (κ2) is 7.81. The van der Waals surface area contributed by atoms with Crippen LogP contribution in [0.2, 0.25) is 0 Å². The van der Waals surface area contributed by atoms with Crippen molar-refractivity contribution in [3.8, 4) is 5.75 Å². The molecule has 1 amide bonds. The SMILES string of the molecule is COc1cccc(CC(=O)NCC2(c3cccs3)CCOCC2)c1. The molecule has 1 aromatic heterocycles. The smallest absolute Gasteiger partial charge is 0.224 e. The van der Waals surface area contributed by atoms with Gasteiger partial charge in [0.05, 0.1) is 13.5 Å². The summed E-state index contributed by atoms with van der Waals surface area (Å²) in [5, 5.41) is 5.24. The molecule has 0 bridgehead atoms. The van der Waals surface area contributed by atoms with Crippen molar-refractivity contribution in [2.24, 2.45) is 0 Å². The summed E-state index contributed by atoms with van der Waals surface area (Å²) < 4.78 is 10.7. The highest BCUT2D eigenvalue weighted by atomic mass is 32.1. The molecule has 0 radical (unpaired) electrons. The third-order valence-corrected chi connectivity index (χ3v) is 5.73. The van der Waals surface area contributed by atoms with E-state index in [1.807, 2.05) is 24.3 Å². The number of methoxy groups -OCH3 is 1. The van der Waals surface area contributed by atoms with Gasteiger partial charge in [0.1, 0.15) is 5.75 Å². The second-order valence-electron chi connectivity index (χ2n) is 6.18. The molecular weight excluding hydrogens is 322 g/mol. The highest BCUT2D eigenvalue weighted by Crippen LogP contribution is 2.36. The van der Waals surface area contributed by atoms with Gasteiger partial charge >= 0.3 is 0 Å². The number of amides is 1. The summed E-state index contributed by atoms with van der Waals surface area (Å²) in [7, 11) is 1.63. The first-order valence-electron chi connectivity index (χ1n) is 8.23. The van der Waals surface area contributed by atoms with Crippen molar-refractivity contribution in [1.82, 2.24) is 5.32 Å². The second-order valence-corrected chi connectivity index (χ2v) is 7.12. The van der Waals surface area contributed by atoms with E-state index in [4.69, 9.17) is 9.47 Å². The highest BCUT2D eigenvalue weighted by molar-refractivity contribution is 7.10. The molecule has 5 heteroatoms. The van der Waals surface area contributed by atoms with Crippen molar-refractivity contribution in [2.75, 3.05) is 26.9 Å². The number of benzene rings is 1. The lowest BCUT2D eigenvalue weighted by Gasteiger charge is -2.36. The van der Waals surface area contributed by atoms with Crippen LogP contribution in [-0.4, -0.2) is 32.8 Å². The van der Waals surface area contributed by atoms with Gasteiger partial charge in [-0.2, -0.15) is 0 Å². The molecule has 1 N–H and O–H groups in total. The van der Waals surface area contributed by atoms with Gasteiger partial charge in [-0.1, -0.05) is 18.2 Å². The van der Waals surface area contributed by atoms with E-state index in [9.17, 15) is 4.79 Å². The minimum atomic E-state index is 0.0104. The highest BCUT2D eigenvalue weighted by Gasteiger charge is 2.35. The van der Waals surface area contributed by atoms with Crippen LogP contribution in [0, 0.1) is 0 Å². The van der Waals surface area contributed by atoms with E-state index >= 15 is 0 Å². The lowest BCUT2D eigenvalue weighted by molar-refractivity contribution is -0.120. The summed E-state index contributed by atoms with van der Waals surface area (Å²) in [5.41, 5.74) is 0.972. The molecule has 0 atom stereocenters. The summed E-state index contributed by atoms with van der Waals surface area (Å²) in [5.74, 6) is 0.825. The fourth-order valence-corrected chi connectivity index (χ4v) is 4.14. The van der Waals surface area contributed by atoms with Crippen molar-refractivity contribution in [2.45, 2.75) is 24.7 Å². The quantitative estimate of drug-likeness (QED) is 0.875. The topological polar surface area (TPSA) is 47.6 Å². The Morgan fingerprint density at radius 1 is 1.29 bits per heavy atom. The van der Waals surface area contributed by atoms with E-state index in [-0.39, 0.29) is 11.3 Å². The summed E-state index contributed by atoms with van der Waals surface area (Å²) in [6.45, 7) is 2.17. The van der Waals surface area contributed by atoms with E-state index in [1.54, 1.807) is 18.4 Å². The third kappa shape index (κ3) is 3.97. The van der Waals surface area contributed by atoms with Crippen LogP contribution in [0.15, 0.2) is 41.8 Å². The first-order chi connectivity index (χ1) is 11.7. The van der Waals surface area contributed by atoms with Gasteiger partial charge in [-0.15, -0.1) is 11.3 Å². The molecule has 1 fully saturated rings. The fraction of sp³-hybridized carbons (Fsp3) is 0.421. The molecule has 4 nitrogen and oxygen atoms in total. The molecule has 2 heterocycles. The van der Waals surface area contributed by atoms with E-state index in [0.717, 1.165) is 37.4 Å². The maximum atomic E-state index is 12.4. The third-order valence-electron chi connectivity index (χ3n) is 4.62. The van der Waals surface area contributed by atoms with Crippen LogP contribution >= 0.6 is 11.3 Å². The normalized spacial score (nSPS) is 16.5. The van der Waals surface area contributed by atoms with Gasteiger partial charge in [-0.25, -0.2) is 0 Å². The van der Waals surface area contributed by atoms with E-state index in [1.165, 1.54) is 4.88 Å². The Balaban J connectivity index is 1.63. The number of nitrogens with one attached hydrogen (secondary N) is 1. The van der Waals surface area contributed by atoms with E-state index in [0.29, 0.717) is 13.0 Å². The Morgan fingerprint density at radius 3 is 2.83 bits per heavy atom. The maximum absolute atomic E-state index is 12.4. The van der Waals surface area contributed by atoms with Crippen molar-refractivity contribution < 1.29 is 14.3 Å². The first-order valence-corrected chi connectivity index (χ1v) is 9.11. The molecule has 1 aromatic carbocycles. The van der Waals surface area contributed by atoms with Crippen molar-refractivity contribution >= 4 is 17.2 Å². The summed E-state index contributed by atoms with van der Waals surface area (Å²) in [4.78, 5) is 13.7. The standard InChI is InChI=1S/C19H23NO3S/c1-22-16-5-2-4-15(12-16)13-18(21)20-14-19(7-9-23-10-8-19)17-6-3-11-24-17/h2-6,11-12H,7-10,13-14H2,1H3,(H,20,21). The number of rotatable bonds is 6. The van der Waals surface area contributed by atoms with Crippen LogP contribution in [0.1, 0.15) is 23.3 Å². The zero-order valence-electron chi connectivity index (χ0n) is 13.9. The summed E-state index contributed by atoms with van der Waals surface area (Å²) in [6.07, 6.45) is 2.27. The van der Waals surface area contributed by atoms with E-state index < -0.39 is 0 Å². The molecule has 1 aliphatic rings. The Bertz CT molecular complexity index is 663. The van der Waals surface area contributed by atoms with E-state index in [2.05, 4.69) is 22.8 Å². The number of ether oxygens (including phenoxy) is 2. The van der Waals surface area contributed by atoms with Crippen LogP contribution in [0.25, 0.3) is 0 Å². The fourth-order valence-electron chi connectivity index (χ4n) is 3.15. The molecule has 3 rings (SSSR count). The Kier molecular flexibility index (Phi) is 5.53. The van der Waals surface area contributed by atoms with Crippen LogP contribution in [0.3, 0.4) is 0 Å². The van der Waals surface area contributed by atoms with Crippen LogP contribution < -0.4 is 10.1 Å². The Hall–Kier alpha value is -1.85. The summed E-state index contributed by atoms with van der Waals surface area (Å²) >= 11 is 1.77. The molecule has 128 valence electrons. The molecule has 0 saturated carbocycles. The molecular formula is C19H23NO3S. The molecule has 0 unspecified atom stereocenters. The molecule has 0 spiro atoms. The number of carbonyl (C=O) groups excluding carboxylic acids is 1. The minimum Gasteiger partial charge on any atom is -0.497 e. The van der Waals surface area contributed by atoms with Gasteiger partial charge in [-0.05, 0) is 42.0 Å². The van der Waals surface area contributed by atoms with Crippen LogP contribution in [-0.2, 0) is 21.4 Å². The minimum absolute atomic E-state index is 0.0104. The Labute approximate surface area is 146 Å². The van der Waals surface area contributed by atoms with Gasteiger partial charge in [0.25, 0.3) is 0 Å². The summed E-state index contributed by atoms with van der Waals surface area (Å²) in [6, 6.07) is 11.9. The number of thiophene rings is 1. The number of carbonyl (C=O) groups is 1. The van der Waals surface area contributed by atoms with Gasteiger partial charge in [0, 0.05) is 30.1 Å². The largest absolute Gasteiger partial charge is 0.497 e. The average Bonchev–Trinajstić information content (AvgIpc) is 3.16. The number of hydrogen-bond acceptors (Lipinski definition) is 4. The van der Waals surface area contributed by atoms with Gasteiger partial charge in [0.2, 0.25) is 5.91 Å². The molecule has 0 aliphatic carbocycles. The van der Waals surface area contributed by atoms with Crippen molar-refractivity contribution in [3.05, 3.63) is 52.2 Å². The lowest BCUT2D eigenvalue weighted by Crippen LogP contribution is -2.44. The number of hydrogen-bond donors (Lipinski definition) is 1. The van der Waals surface area contributed by atoms with Crippen LogP contribution in [0.4, 0.5) is 0 Å². The first kappa shape index (κ1) is 17.0. The van der Waals surface area contributed by atoms with Gasteiger partial charge in [-0.3, -0.25) is 4.79 Å². The Morgan fingerprint density at radius 2 is 2.12 bits per heavy atom. The zero-order chi connectivity index (χ0) is 16.8. The molecule has 24 heavy (non-hydrogen) atoms. The molecule has 1 aliphatic heterocycles. The maximum Gasteiger partial charge on any atom is 0.224 e. The monoisotopic (exact) mass is 345 g/mol. The van der Waals surface area contributed by atoms with Crippen molar-refractivity contribution in [3.63, 3.8) is 0 Å². The van der Waals surface area contributed by atoms with Gasteiger partial charge in [0.15, 0.2) is 0 Å². The predicted octanol–water partition coefficient (Wildman–Crippen LogP) is 3.16. The zero-order valence-corrected chi connectivity index (χ0v) is 14.7. The van der Waals surface area contributed by atoms with Crippen LogP contribution in [0.5, 0.6) is 5.75 Å². The predicted molar refractivity (Wildman–Crippen MR) is 95.8 cm³/mol. The molecule has 2 aromatic rings. The lowest BCUT2D eigenvalue weighted by atomic mass is 9.78.